The molecule has 0 aromatic heterocycles. The quantitative estimate of drug-likeness (QED) is 0.245. The second-order valence-corrected chi connectivity index (χ2v) is 17.1. The molecule has 0 bridgehead atoms. The predicted octanol–water partition coefficient (Wildman–Crippen LogP) is 4.61. The summed E-state index contributed by atoms with van der Waals surface area (Å²) in [5.74, 6) is -1.23. The van der Waals surface area contributed by atoms with Crippen LogP contribution in [0.4, 0.5) is 11.4 Å². The summed E-state index contributed by atoms with van der Waals surface area (Å²) in [6, 6.07) is 21.8. The van der Waals surface area contributed by atoms with Gasteiger partial charge in [0.05, 0.1) is 30.9 Å². The molecule has 0 saturated carbocycles. The van der Waals surface area contributed by atoms with Crippen molar-refractivity contribution in [1.29, 1.82) is 0 Å². The maximum atomic E-state index is 14.5. The topological polar surface area (TPSA) is 119 Å². The second-order valence-electron chi connectivity index (χ2n) is 13.2. The van der Waals surface area contributed by atoms with Gasteiger partial charge in [0.2, 0.25) is 5.91 Å². The normalized spacial score (nSPS) is 25.4. The molecule has 1 spiro atoms. The summed E-state index contributed by atoms with van der Waals surface area (Å²) in [5.41, 5.74) is 2.47. The highest BCUT2D eigenvalue weighted by Crippen LogP contribution is 2.60. The number of aliphatic hydroxyl groups excluding tert-OH is 1. The van der Waals surface area contributed by atoms with Gasteiger partial charge >= 0.3 is 0 Å². The Morgan fingerprint density at radius 2 is 1.78 bits per heavy atom. The lowest BCUT2D eigenvalue weighted by Crippen LogP contribution is -2.48. The van der Waals surface area contributed by atoms with E-state index in [9.17, 15) is 24.3 Å². The highest BCUT2D eigenvalue weighted by atomic mass is 28.4. The third-order valence-corrected chi connectivity index (χ3v) is 12.4. The van der Waals surface area contributed by atoms with Gasteiger partial charge in [0.15, 0.2) is 13.9 Å². The summed E-state index contributed by atoms with van der Waals surface area (Å²) in [4.78, 5) is 56.5. The van der Waals surface area contributed by atoms with Crippen LogP contribution in [0.2, 0.25) is 18.6 Å². The van der Waals surface area contributed by atoms with Crippen molar-refractivity contribution < 1.29 is 29.0 Å². The van der Waals surface area contributed by atoms with Gasteiger partial charge in [0, 0.05) is 41.4 Å². The number of nitrogens with one attached hydrogen (secondary N) is 1. The summed E-state index contributed by atoms with van der Waals surface area (Å²) in [7, 11) is -3.02. The number of benzene rings is 3. The number of fused-ring (bicyclic) bond motifs is 3. The van der Waals surface area contributed by atoms with Crippen molar-refractivity contribution in [2.24, 2.45) is 5.92 Å². The predicted molar refractivity (Wildman–Crippen MR) is 179 cm³/mol. The minimum atomic E-state index is -3.02. The maximum Gasteiger partial charge on any atom is 0.264 e. The molecule has 3 aromatic carbocycles. The van der Waals surface area contributed by atoms with Crippen LogP contribution in [0.5, 0.6) is 0 Å². The molecule has 3 heterocycles. The lowest BCUT2D eigenvalue weighted by molar-refractivity contribution is -0.150. The fourth-order valence-corrected chi connectivity index (χ4v) is 10.3. The molecule has 3 N–H and O–H groups in total. The van der Waals surface area contributed by atoms with Gasteiger partial charge in [0.25, 0.3) is 11.8 Å². The molecule has 9 nitrogen and oxygen atoms in total. The van der Waals surface area contributed by atoms with Crippen molar-refractivity contribution in [2.75, 3.05) is 23.4 Å². The zero-order valence-electron chi connectivity index (χ0n) is 26.5. The number of hydrogen-bond acceptors (Lipinski definition) is 6. The van der Waals surface area contributed by atoms with Gasteiger partial charge in [0.1, 0.15) is 0 Å². The van der Waals surface area contributed by atoms with E-state index >= 15 is 0 Å². The van der Waals surface area contributed by atoms with Crippen LogP contribution in [0.1, 0.15) is 40.4 Å². The molecule has 3 aromatic rings. The second kappa shape index (κ2) is 12.3. The summed E-state index contributed by atoms with van der Waals surface area (Å²) in [6.45, 7) is 9.86. The molecule has 0 unspecified atom stereocenters. The summed E-state index contributed by atoms with van der Waals surface area (Å²) < 4.78 is 6.85. The maximum absolute atomic E-state index is 14.5. The fourth-order valence-electron chi connectivity index (χ4n) is 7.79. The van der Waals surface area contributed by atoms with E-state index in [-0.39, 0.29) is 43.3 Å². The van der Waals surface area contributed by atoms with Crippen molar-refractivity contribution in [3.05, 3.63) is 108 Å². The van der Waals surface area contributed by atoms with Gasteiger partial charge < -0.3 is 29.8 Å². The molecule has 0 aliphatic carbocycles. The number of carbonyl (C=O) groups is 3. The molecule has 3 aliphatic heterocycles. The Hall–Kier alpha value is -4.09. The number of anilines is 2. The Morgan fingerprint density at radius 1 is 1.09 bits per heavy atom. The molecule has 5 atom stereocenters. The largest absolute Gasteiger partial charge is 0.432 e. The molecule has 10 heteroatoms. The van der Waals surface area contributed by atoms with E-state index in [0.29, 0.717) is 35.5 Å². The average molecular weight is 640 g/mol. The molecular formula is C36H41N3O6Si. The van der Waals surface area contributed by atoms with Gasteiger partial charge in [-0.2, -0.15) is 0 Å². The van der Waals surface area contributed by atoms with Gasteiger partial charge in [-0.25, -0.2) is 0 Å². The molecule has 1 fully saturated rings. The SMILES string of the molecule is C=CCN1C(=O)[C@@]2(O[C@@H](CC(=O)N3Cc4ccccc4C[C@H]3CO)[C@H]([Si](C)(C)O)[C@H]2C)c2cc(NC(=O)c3ccccc3)ccc21. The van der Waals surface area contributed by atoms with Crippen molar-refractivity contribution in [2.45, 2.75) is 62.7 Å². The number of amides is 3. The van der Waals surface area contributed by atoms with Crippen LogP contribution in [0, 0.1) is 5.92 Å². The number of aliphatic hydroxyl groups is 1. The third kappa shape index (κ3) is 5.39. The summed E-state index contributed by atoms with van der Waals surface area (Å²) in [6.07, 6.45) is 1.42. The van der Waals surface area contributed by atoms with Crippen LogP contribution in [0.15, 0.2) is 85.5 Å². The Bertz CT molecular complexity index is 1670. The van der Waals surface area contributed by atoms with Crippen molar-refractivity contribution in [1.82, 2.24) is 4.90 Å². The number of rotatable bonds is 8. The van der Waals surface area contributed by atoms with Crippen LogP contribution in [0.25, 0.3) is 0 Å². The van der Waals surface area contributed by atoms with E-state index in [1.54, 1.807) is 58.3 Å². The van der Waals surface area contributed by atoms with Gasteiger partial charge in [-0.1, -0.05) is 55.5 Å². The Labute approximate surface area is 270 Å². The molecule has 46 heavy (non-hydrogen) atoms. The zero-order valence-corrected chi connectivity index (χ0v) is 27.5. The molecule has 0 radical (unpaired) electrons. The minimum absolute atomic E-state index is 0.0408. The van der Waals surface area contributed by atoms with Crippen molar-refractivity contribution >= 4 is 37.4 Å². The summed E-state index contributed by atoms with van der Waals surface area (Å²) in [5, 5.41) is 13.2. The van der Waals surface area contributed by atoms with Gasteiger partial charge in [-0.15, -0.1) is 6.58 Å². The zero-order chi connectivity index (χ0) is 32.8. The van der Waals surface area contributed by atoms with E-state index in [0.717, 1.165) is 11.1 Å². The monoisotopic (exact) mass is 639 g/mol. The molecule has 3 aliphatic rings. The van der Waals surface area contributed by atoms with Crippen LogP contribution in [-0.4, -0.2) is 66.1 Å². The first kappa shape index (κ1) is 31.9. The van der Waals surface area contributed by atoms with E-state index < -0.39 is 31.5 Å². The first-order valence-corrected chi connectivity index (χ1v) is 18.8. The molecule has 3 amide bonds. The van der Waals surface area contributed by atoms with Crippen LogP contribution in [-0.2, 0) is 32.9 Å². The van der Waals surface area contributed by atoms with Crippen LogP contribution >= 0.6 is 0 Å². The minimum Gasteiger partial charge on any atom is -0.432 e. The number of ether oxygens (including phenoxy) is 1. The smallest absolute Gasteiger partial charge is 0.264 e. The molecule has 6 rings (SSSR count). The first-order valence-electron chi connectivity index (χ1n) is 15.8. The highest BCUT2D eigenvalue weighted by molar-refractivity contribution is 6.71. The van der Waals surface area contributed by atoms with Gasteiger partial charge in [-0.05, 0) is 61.0 Å². The van der Waals surface area contributed by atoms with Crippen molar-refractivity contribution in [3.8, 4) is 0 Å². The number of carbonyl (C=O) groups excluding carboxylic acids is 3. The Morgan fingerprint density at radius 3 is 2.46 bits per heavy atom. The number of hydrogen-bond donors (Lipinski definition) is 3. The summed E-state index contributed by atoms with van der Waals surface area (Å²) >= 11 is 0. The molecule has 1 saturated heterocycles. The van der Waals surface area contributed by atoms with Crippen LogP contribution in [0.3, 0.4) is 0 Å². The third-order valence-electron chi connectivity index (χ3n) is 9.85. The van der Waals surface area contributed by atoms with Crippen LogP contribution < -0.4 is 10.2 Å². The van der Waals surface area contributed by atoms with Crippen molar-refractivity contribution in [3.63, 3.8) is 0 Å². The van der Waals surface area contributed by atoms with Gasteiger partial charge in [-0.3, -0.25) is 14.4 Å². The number of nitrogens with zero attached hydrogens (tertiary/aromatic N) is 2. The first-order chi connectivity index (χ1) is 22.0. The molecule has 240 valence electrons. The molecular weight excluding hydrogens is 598 g/mol. The standard InChI is InChI=1S/C36H41N3O6Si/c1-5-17-38-30-16-15-27(37-34(42)24-11-7-6-8-12-24)19-29(30)36(35(38)43)23(2)33(46(3,4)44)31(45-36)20-32(41)39-21-26-14-10-9-13-25(26)18-28(39)22-40/h5-16,19,23,28,31,33,40,44H,1,17-18,20-22H2,2-4H3,(H,37,42)/t23-,28+,31+,33-,36+/m1/s1. The Balaban J connectivity index is 1.36. The average Bonchev–Trinajstić information content (AvgIpc) is 3.46. The van der Waals surface area contributed by atoms with E-state index in [1.165, 1.54) is 0 Å². The lowest BCUT2D eigenvalue weighted by atomic mass is 9.82. The van der Waals surface area contributed by atoms with E-state index in [1.807, 2.05) is 50.3 Å². The fraction of sp³-hybridized carbons (Fsp3) is 0.361. The highest BCUT2D eigenvalue weighted by Gasteiger charge is 2.66. The Kier molecular flexibility index (Phi) is 8.49. The lowest BCUT2D eigenvalue weighted by Gasteiger charge is -2.37. The van der Waals surface area contributed by atoms with E-state index in [4.69, 9.17) is 4.74 Å². The van der Waals surface area contributed by atoms with E-state index in [2.05, 4.69) is 11.9 Å².